The first-order valence-electron chi connectivity index (χ1n) is 11.4. The standard InChI is InChI=1S/C22H32N4O3S/c27-22(17-4-3-8-23-11-17)24-12-21-19-10-18(20-5-1-2-9-26(20)21)13-25(14-19)30(28,29)15-16-6-7-16/h3-4,8,11,16,18-21H,1-2,5-7,9-10,12-15H2,(H,24,27)/t18-,19+,20+,21+/m1/s1. The van der Waals surface area contributed by atoms with Crippen LogP contribution in [0.15, 0.2) is 24.5 Å². The lowest BCUT2D eigenvalue weighted by Crippen LogP contribution is -2.66. The van der Waals surface area contributed by atoms with E-state index in [0.717, 1.165) is 32.2 Å². The Morgan fingerprint density at radius 1 is 1.17 bits per heavy atom. The summed E-state index contributed by atoms with van der Waals surface area (Å²) < 4.78 is 27.8. The Hall–Kier alpha value is -1.51. The Labute approximate surface area is 179 Å². The Balaban J connectivity index is 1.32. The quantitative estimate of drug-likeness (QED) is 0.740. The lowest BCUT2D eigenvalue weighted by molar-refractivity contribution is -0.0538. The number of carbonyl (C=O) groups excluding carboxylic acids is 1. The van der Waals surface area contributed by atoms with Gasteiger partial charge in [-0.2, -0.15) is 0 Å². The molecule has 4 atom stereocenters. The summed E-state index contributed by atoms with van der Waals surface area (Å²) in [4.78, 5) is 19.2. The molecule has 1 aliphatic carbocycles. The van der Waals surface area contributed by atoms with E-state index in [0.29, 0.717) is 48.8 Å². The average molecular weight is 433 g/mol. The first-order valence-corrected chi connectivity index (χ1v) is 13.0. The van der Waals surface area contributed by atoms with Crippen LogP contribution < -0.4 is 5.32 Å². The molecule has 0 radical (unpaired) electrons. The molecule has 1 amide bonds. The minimum absolute atomic E-state index is 0.104. The minimum atomic E-state index is -3.18. The summed E-state index contributed by atoms with van der Waals surface area (Å²) in [6.45, 7) is 2.90. The normalized spacial score (nSPS) is 32.4. The van der Waals surface area contributed by atoms with Gasteiger partial charge in [-0.15, -0.1) is 0 Å². The third kappa shape index (κ3) is 4.14. The number of amides is 1. The van der Waals surface area contributed by atoms with E-state index < -0.39 is 10.0 Å². The minimum Gasteiger partial charge on any atom is -0.350 e. The van der Waals surface area contributed by atoms with E-state index in [2.05, 4.69) is 15.2 Å². The second-order valence-electron chi connectivity index (χ2n) is 9.61. The summed E-state index contributed by atoms with van der Waals surface area (Å²) in [7, 11) is -3.18. The molecule has 1 aromatic rings. The van der Waals surface area contributed by atoms with Crippen molar-refractivity contribution in [3.63, 3.8) is 0 Å². The highest BCUT2D eigenvalue weighted by molar-refractivity contribution is 7.89. The molecule has 164 valence electrons. The largest absolute Gasteiger partial charge is 0.350 e. The number of sulfonamides is 1. The van der Waals surface area contributed by atoms with Gasteiger partial charge in [0.15, 0.2) is 0 Å². The van der Waals surface area contributed by atoms with E-state index in [1.807, 2.05) is 0 Å². The van der Waals surface area contributed by atoms with Gasteiger partial charge in [-0.3, -0.25) is 14.7 Å². The SMILES string of the molecule is O=C(NC[C@H]1[C@H]2C[C@H](CN(S(=O)(=O)CC3CC3)C2)[C@@H]2CCCCN21)c1cccnc1. The maximum Gasteiger partial charge on any atom is 0.252 e. The molecule has 5 rings (SSSR count). The van der Waals surface area contributed by atoms with Crippen LogP contribution >= 0.6 is 0 Å². The zero-order valence-corrected chi connectivity index (χ0v) is 18.3. The van der Waals surface area contributed by atoms with Crippen LogP contribution in [0.5, 0.6) is 0 Å². The molecule has 2 bridgehead atoms. The van der Waals surface area contributed by atoms with Crippen molar-refractivity contribution in [3.05, 3.63) is 30.1 Å². The Bertz CT molecular complexity index is 874. The molecule has 1 aromatic heterocycles. The van der Waals surface area contributed by atoms with Crippen molar-refractivity contribution in [2.45, 2.75) is 50.6 Å². The fourth-order valence-corrected chi connectivity index (χ4v) is 7.83. The number of nitrogens with one attached hydrogen (secondary N) is 1. The van der Waals surface area contributed by atoms with Crippen molar-refractivity contribution < 1.29 is 13.2 Å². The molecular formula is C22H32N4O3S. The Morgan fingerprint density at radius 3 is 2.77 bits per heavy atom. The molecule has 3 aliphatic heterocycles. The van der Waals surface area contributed by atoms with E-state index >= 15 is 0 Å². The van der Waals surface area contributed by atoms with E-state index in [9.17, 15) is 13.2 Å². The Morgan fingerprint density at radius 2 is 2.00 bits per heavy atom. The summed E-state index contributed by atoms with van der Waals surface area (Å²) in [6, 6.07) is 4.18. The number of carbonyl (C=O) groups is 1. The highest BCUT2D eigenvalue weighted by Gasteiger charge is 2.49. The van der Waals surface area contributed by atoms with E-state index in [1.54, 1.807) is 28.8 Å². The third-order valence-corrected chi connectivity index (χ3v) is 9.50. The summed E-state index contributed by atoms with van der Waals surface area (Å²) in [5.74, 6) is 1.29. The predicted molar refractivity (Wildman–Crippen MR) is 114 cm³/mol. The topological polar surface area (TPSA) is 82.6 Å². The van der Waals surface area contributed by atoms with E-state index in [4.69, 9.17) is 0 Å². The summed E-state index contributed by atoms with van der Waals surface area (Å²) >= 11 is 0. The van der Waals surface area contributed by atoms with Crippen molar-refractivity contribution in [2.75, 3.05) is 31.9 Å². The maximum absolute atomic E-state index is 13.0. The van der Waals surface area contributed by atoms with Crippen molar-refractivity contribution in [1.29, 1.82) is 0 Å². The van der Waals surface area contributed by atoms with Crippen LogP contribution in [-0.4, -0.2) is 72.5 Å². The molecule has 4 heterocycles. The molecule has 1 saturated carbocycles. The van der Waals surface area contributed by atoms with Crippen LogP contribution in [0.4, 0.5) is 0 Å². The highest BCUT2D eigenvalue weighted by atomic mass is 32.2. The highest BCUT2D eigenvalue weighted by Crippen LogP contribution is 2.42. The molecule has 30 heavy (non-hydrogen) atoms. The fraction of sp³-hybridized carbons (Fsp3) is 0.727. The number of rotatable bonds is 6. The van der Waals surface area contributed by atoms with Crippen molar-refractivity contribution in [1.82, 2.24) is 19.5 Å². The predicted octanol–water partition coefficient (Wildman–Crippen LogP) is 1.73. The molecule has 4 aliphatic rings. The Kier molecular flexibility index (Phi) is 5.58. The molecule has 7 nitrogen and oxygen atoms in total. The van der Waals surface area contributed by atoms with Crippen molar-refractivity contribution in [3.8, 4) is 0 Å². The van der Waals surface area contributed by atoms with Gasteiger partial charge in [0.2, 0.25) is 10.0 Å². The third-order valence-electron chi connectivity index (χ3n) is 7.52. The zero-order valence-electron chi connectivity index (χ0n) is 17.4. The lowest BCUT2D eigenvalue weighted by Gasteiger charge is -2.56. The van der Waals surface area contributed by atoms with Crippen LogP contribution in [-0.2, 0) is 10.0 Å². The monoisotopic (exact) mass is 432 g/mol. The van der Waals surface area contributed by atoms with Gasteiger partial charge in [0.05, 0.1) is 11.3 Å². The van der Waals surface area contributed by atoms with Crippen molar-refractivity contribution >= 4 is 15.9 Å². The van der Waals surface area contributed by atoms with Crippen LogP contribution in [0.3, 0.4) is 0 Å². The van der Waals surface area contributed by atoms with E-state index in [-0.39, 0.29) is 17.9 Å². The number of hydrogen-bond donors (Lipinski definition) is 1. The van der Waals surface area contributed by atoms with Gasteiger partial charge in [-0.05, 0) is 68.5 Å². The summed E-state index contributed by atoms with van der Waals surface area (Å²) in [5.41, 5.74) is 0.568. The second kappa shape index (κ2) is 8.20. The average Bonchev–Trinajstić information content (AvgIpc) is 3.57. The number of fused-ring (bicyclic) bond motifs is 4. The molecule has 0 unspecified atom stereocenters. The molecule has 0 aromatic carbocycles. The summed E-state index contributed by atoms with van der Waals surface area (Å²) in [5, 5.41) is 3.11. The van der Waals surface area contributed by atoms with Gasteiger partial charge in [0.1, 0.15) is 0 Å². The van der Waals surface area contributed by atoms with Gasteiger partial charge >= 0.3 is 0 Å². The number of aromatic nitrogens is 1. The molecule has 8 heteroatoms. The molecule has 4 fully saturated rings. The van der Waals surface area contributed by atoms with Gasteiger partial charge < -0.3 is 5.32 Å². The summed E-state index contributed by atoms with van der Waals surface area (Å²) in [6.07, 6.45) is 9.97. The van der Waals surface area contributed by atoms with Crippen LogP contribution in [0.25, 0.3) is 0 Å². The molecular weight excluding hydrogens is 400 g/mol. The van der Waals surface area contributed by atoms with Gasteiger partial charge in [-0.1, -0.05) is 6.42 Å². The number of piperidine rings is 3. The van der Waals surface area contributed by atoms with Gasteiger partial charge in [0.25, 0.3) is 5.91 Å². The van der Waals surface area contributed by atoms with Crippen LogP contribution in [0, 0.1) is 17.8 Å². The number of nitrogens with zero attached hydrogens (tertiary/aromatic N) is 3. The number of hydrogen-bond acceptors (Lipinski definition) is 5. The molecule has 3 saturated heterocycles. The molecule has 0 spiro atoms. The number of pyridine rings is 1. The lowest BCUT2D eigenvalue weighted by atomic mass is 9.73. The molecule has 1 N–H and O–H groups in total. The first-order chi connectivity index (χ1) is 14.5. The van der Waals surface area contributed by atoms with Crippen LogP contribution in [0.1, 0.15) is 48.9 Å². The maximum atomic E-state index is 13.0. The van der Waals surface area contributed by atoms with Gasteiger partial charge in [-0.25, -0.2) is 12.7 Å². The van der Waals surface area contributed by atoms with E-state index in [1.165, 1.54) is 12.8 Å². The van der Waals surface area contributed by atoms with Crippen LogP contribution in [0.2, 0.25) is 0 Å². The van der Waals surface area contributed by atoms with Gasteiger partial charge in [0, 0.05) is 44.1 Å². The second-order valence-corrected chi connectivity index (χ2v) is 11.6. The fourth-order valence-electron chi connectivity index (χ4n) is 5.86. The smallest absolute Gasteiger partial charge is 0.252 e. The van der Waals surface area contributed by atoms with Crippen molar-refractivity contribution in [2.24, 2.45) is 17.8 Å². The first kappa shape index (κ1) is 20.4. The zero-order chi connectivity index (χ0) is 20.7.